The summed E-state index contributed by atoms with van der Waals surface area (Å²) in [4.78, 5) is 0.00835. The summed E-state index contributed by atoms with van der Waals surface area (Å²) in [5.41, 5.74) is 0.600. The topological polar surface area (TPSA) is 46.6 Å². The van der Waals surface area contributed by atoms with Gasteiger partial charge < -0.3 is 4.74 Å². The monoisotopic (exact) mass is 335 g/mol. The van der Waals surface area contributed by atoms with Crippen LogP contribution in [-0.4, -0.2) is 39.0 Å². The summed E-state index contributed by atoms with van der Waals surface area (Å²) >= 11 is 5.71. The summed E-state index contributed by atoms with van der Waals surface area (Å²) < 4.78 is 45.9. The number of methoxy groups -OCH3 is 1. The minimum Gasteiger partial charge on any atom is -0.381 e. The first-order chi connectivity index (χ1) is 9.90. The summed E-state index contributed by atoms with van der Waals surface area (Å²) in [6.07, 6.45) is 1.38. The lowest BCUT2D eigenvalue weighted by Gasteiger charge is -2.30. The zero-order valence-electron chi connectivity index (χ0n) is 12.1. The van der Waals surface area contributed by atoms with Crippen LogP contribution >= 0.6 is 11.6 Å². The van der Waals surface area contributed by atoms with Crippen LogP contribution in [0.25, 0.3) is 0 Å². The van der Waals surface area contributed by atoms with Crippen LogP contribution in [0.3, 0.4) is 0 Å². The van der Waals surface area contributed by atoms with Crippen molar-refractivity contribution in [2.75, 3.05) is 20.2 Å². The van der Waals surface area contributed by atoms with Crippen LogP contribution in [0.5, 0.6) is 0 Å². The van der Waals surface area contributed by atoms with E-state index in [0.29, 0.717) is 31.5 Å². The average Bonchev–Trinajstić information content (AvgIpc) is 2.49. The standard InChI is InChI=1S/C14H19ClFNO3S/c1-10-13(16)7-11(9-15)8-14(10)21(18,19)17-5-3-12(20-2)4-6-17/h7-8,12H,3-6,9H2,1-2H3. The molecule has 0 bridgehead atoms. The first-order valence-electron chi connectivity index (χ1n) is 6.78. The molecule has 1 heterocycles. The molecule has 0 spiro atoms. The summed E-state index contributed by atoms with van der Waals surface area (Å²) in [5.74, 6) is -0.468. The molecule has 1 aromatic carbocycles. The fourth-order valence-electron chi connectivity index (χ4n) is 2.50. The summed E-state index contributed by atoms with van der Waals surface area (Å²) in [6, 6.07) is 2.74. The number of rotatable bonds is 4. The second-order valence-electron chi connectivity index (χ2n) is 5.17. The molecule has 0 saturated carbocycles. The first-order valence-corrected chi connectivity index (χ1v) is 8.75. The van der Waals surface area contributed by atoms with Crippen molar-refractivity contribution in [1.29, 1.82) is 0 Å². The molecule has 0 N–H and O–H groups in total. The van der Waals surface area contributed by atoms with E-state index >= 15 is 0 Å². The Morgan fingerprint density at radius 2 is 2.00 bits per heavy atom. The highest BCUT2D eigenvalue weighted by Gasteiger charge is 2.31. The van der Waals surface area contributed by atoms with Gasteiger partial charge in [0.2, 0.25) is 10.0 Å². The fraction of sp³-hybridized carbons (Fsp3) is 0.571. The molecule has 7 heteroatoms. The van der Waals surface area contributed by atoms with Crippen molar-refractivity contribution in [2.24, 2.45) is 0 Å². The predicted molar refractivity (Wildman–Crippen MR) is 79.5 cm³/mol. The molecule has 0 amide bonds. The van der Waals surface area contributed by atoms with E-state index in [4.69, 9.17) is 16.3 Å². The van der Waals surface area contributed by atoms with Crippen LogP contribution < -0.4 is 0 Å². The Hall–Kier alpha value is -0.690. The van der Waals surface area contributed by atoms with Crippen LogP contribution in [0, 0.1) is 12.7 Å². The summed E-state index contributed by atoms with van der Waals surface area (Å²) in [6.45, 7) is 2.24. The molecule has 0 atom stereocenters. The second kappa shape index (κ2) is 6.60. The van der Waals surface area contributed by atoms with E-state index in [1.54, 1.807) is 7.11 Å². The van der Waals surface area contributed by atoms with Crippen molar-refractivity contribution in [2.45, 2.75) is 36.6 Å². The zero-order valence-corrected chi connectivity index (χ0v) is 13.7. The minimum atomic E-state index is -3.70. The molecule has 0 unspecified atom stereocenters. The van der Waals surface area contributed by atoms with Crippen molar-refractivity contribution in [3.05, 3.63) is 29.1 Å². The third-order valence-corrected chi connectivity index (χ3v) is 6.20. The Morgan fingerprint density at radius 1 is 1.38 bits per heavy atom. The van der Waals surface area contributed by atoms with Crippen LogP contribution in [-0.2, 0) is 20.6 Å². The molecule has 4 nitrogen and oxygen atoms in total. The maximum Gasteiger partial charge on any atom is 0.243 e. The van der Waals surface area contributed by atoms with Gasteiger partial charge in [-0.05, 0) is 37.5 Å². The second-order valence-corrected chi connectivity index (χ2v) is 7.35. The lowest BCUT2D eigenvalue weighted by atomic mass is 10.1. The maximum absolute atomic E-state index is 13.9. The highest BCUT2D eigenvalue weighted by atomic mass is 35.5. The number of halogens is 2. The molecule has 21 heavy (non-hydrogen) atoms. The molecule has 1 aromatic rings. The van der Waals surface area contributed by atoms with Gasteiger partial charge in [-0.2, -0.15) is 4.31 Å². The number of piperidine rings is 1. The van der Waals surface area contributed by atoms with Gasteiger partial charge in [0.25, 0.3) is 0 Å². The largest absolute Gasteiger partial charge is 0.381 e. The van der Waals surface area contributed by atoms with Gasteiger partial charge in [-0.1, -0.05) is 0 Å². The molecule has 118 valence electrons. The number of benzene rings is 1. The molecule has 1 saturated heterocycles. The quantitative estimate of drug-likeness (QED) is 0.795. The molecular formula is C14H19ClFNO3S. The molecule has 1 aliphatic heterocycles. The van der Waals surface area contributed by atoms with Crippen LogP contribution in [0.4, 0.5) is 4.39 Å². The highest BCUT2D eigenvalue weighted by Crippen LogP contribution is 2.27. The normalized spacial score (nSPS) is 18.1. The van der Waals surface area contributed by atoms with E-state index in [1.807, 2.05) is 0 Å². The van der Waals surface area contributed by atoms with Gasteiger partial charge in [0.05, 0.1) is 11.0 Å². The van der Waals surface area contributed by atoms with Gasteiger partial charge >= 0.3 is 0 Å². The fourth-order valence-corrected chi connectivity index (χ4v) is 4.41. The van der Waals surface area contributed by atoms with Gasteiger partial charge in [0, 0.05) is 31.6 Å². The minimum absolute atomic E-state index is 0.00835. The molecule has 1 aliphatic rings. The van der Waals surface area contributed by atoms with Crippen molar-refractivity contribution >= 4 is 21.6 Å². The molecule has 0 aromatic heterocycles. The summed E-state index contributed by atoms with van der Waals surface area (Å²) in [7, 11) is -2.08. The van der Waals surface area contributed by atoms with Gasteiger partial charge in [-0.15, -0.1) is 11.6 Å². The zero-order chi connectivity index (χ0) is 15.6. The molecule has 0 radical (unpaired) electrons. The van der Waals surface area contributed by atoms with Crippen LogP contribution in [0.1, 0.15) is 24.0 Å². The SMILES string of the molecule is COC1CCN(S(=O)(=O)c2cc(CCl)cc(F)c2C)CC1. The number of sulfonamides is 1. The number of hydrogen-bond donors (Lipinski definition) is 0. The highest BCUT2D eigenvalue weighted by molar-refractivity contribution is 7.89. The molecule has 2 rings (SSSR count). The van der Waals surface area contributed by atoms with Gasteiger partial charge in [-0.25, -0.2) is 12.8 Å². The Balaban J connectivity index is 2.34. The van der Waals surface area contributed by atoms with E-state index in [9.17, 15) is 12.8 Å². The number of nitrogens with zero attached hydrogens (tertiary/aromatic N) is 1. The molecule has 1 fully saturated rings. The van der Waals surface area contributed by atoms with Crippen molar-refractivity contribution < 1.29 is 17.5 Å². The van der Waals surface area contributed by atoms with Gasteiger partial charge in [-0.3, -0.25) is 0 Å². The van der Waals surface area contributed by atoms with E-state index in [1.165, 1.54) is 23.4 Å². The van der Waals surface area contributed by atoms with Crippen molar-refractivity contribution in [1.82, 2.24) is 4.31 Å². The van der Waals surface area contributed by atoms with Crippen LogP contribution in [0.15, 0.2) is 17.0 Å². The van der Waals surface area contributed by atoms with E-state index in [2.05, 4.69) is 0 Å². The Kier molecular flexibility index (Phi) is 5.24. The smallest absolute Gasteiger partial charge is 0.243 e. The number of ether oxygens (including phenoxy) is 1. The van der Waals surface area contributed by atoms with Gasteiger partial charge in [0.1, 0.15) is 5.82 Å². The van der Waals surface area contributed by atoms with Crippen LogP contribution in [0.2, 0.25) is 0 Å². The van der Waals surface area contributed by atoms with E-state index in [-0.39, 0.29) is 22.4 Å². The summed E-state index contributed by atoms with van der Waals surface area (Å²) in [5, 5.41) is 0. The lowest BCUT2D eigenvalue weighted by molar-refractivity contribution is 0.0604. The third kappa shape index (κ3) is 3.39. The van der Waals surface area contributed by atoms with Crippen molar-refractivity contribution in [3.8, 4) is 0 Å². The Morgan fingerprint density at radius 3 is 2.52 bits per heavy atom. The predicted octanol–water partition coefficient (Wildman–Crippen LogP) is 2.67. The van der Waals surface area contributed by atoms with Crippen molar-refractivity contribution in [3.63, 3.8) is 0 Å². The first kappa shape index (κ1) is 16.7. The number of alkyl halides is 1. The van der Waals surface area contributed by atoms with E-state index in [0.717, 1.165) is 0 Å². The Bertz CT molecular complexity index is 613. The number of hydrogen-bond acceptors (Lipinski definition) is 3. The third-order valence-electron chi connectivity index (χ3n) is 3.86. The Labute approximate surface area is 129 Å². The average molecular weight is 336 g/mol. The molecule has 0 aliphatic carbocycles. The van der Waals surface area contributed by atoms with Gasteiger partial charge in [0.15, 0.2) is 0 Å². The van der Waals surface area contributed by atoms with E-state index < -0.39 is 15.8 Å². The lowest BCUT2D eigenvalue weighted by Crippen LogP contribution is -2.40. The maximum atomic E-state index is 13.9. The molecular weight excluding hydrogens is 317 g/mol.